The summed E-state index contributed by atoms with van der Waals surface area (Å²) < 4.78 is 25.9. The standard InChI is InChI=1S/C18H30N4O3S.ClH/c1-20(2)13-11-19-18(23)22-12-5-6-17(14-22)26(24,25)16-9-7-15(8-10-16)21(3)4;/h7-10,17H,5-6,11-14H2,1-4H3,(H,19,23);1H. The van der Waals surface area contributed by atoms with Crippen molar-refractivity contribution in [3.8, 4) is 0 Å². The van der Waals surface area contributed by atoms with Crippen LogP contribution in [-0.2, 0) is 9.84 Å². The van der Waals surface area contributed by atoms with Crippen LogP contribution in [-0.4, -0.2) is 83.9 Å². The molecule has 1 aliphatic rings. The van der Waals surface area contributed by atoms with Gasteiger partial charge in [0.05, 0.1) is 10.1 Å². The van der Waals surface area contributed by atoms with E-state index in [0.29, 0.717) is 30.8 Å². The summed E-state index contributed by atoms with van der Waals surface area (Å²) >= 11 is 0. The number of likely N-dealkylation sites (N-methyl/N-ethyl adjacent to an activating group) is 1. The van der Waals surface area contributed by atoms with Crippen LogP contribution in [0.25, 0.3) is 0 Å². The first-order chi connectivity index (χ1) is 12.2. The second kappa shape index (κ2) is 10.1. The lowest BCUT2D eigenvalue weighted by Gasteiger charge is -2.32. The van der Waals surface area contributed by atoms with E-state index in [2.05, 4.69) is 5.32 Å². The number of nitrogens with one attached hydrogen (secondary N) is 1. The van der Waals surface area contributed by atoms with E-state index >= 15 is 0 Å². The molecule has 9 heteroatoms. The number of carbonyl (C=O) groups is 1. The molecule has 0 bridgehead atoms. The minimum absolute atomic E-state index is 0. The first-order valence-corrected chi connectivity index (χ1v) is 10.4. The molecule has 0 aliphatic carbocycles. The molecule has 0 aromatic heterocycles. The van der Waals surface area contributed by atoms with Gasteiger partial charge in [-0.2, -0.15) is 0 Å². The number of rotatable bonds is 6. The third-order valence-corrected chi connectivity index (χ3v) is 6.81. The van der Waals surface area contributed by atoms with Crippen LogP contribution in [0.2, 0.25) is 0 Å². The van der Waals surface area contributed by atoms with E-state index in [1.807, 2.05) is 38.0 Å². The lowest BCUT2D eigenvalue weighted by atomic mass is 10.1. The highest BCUT2D eigenvalue weighted by molar-refractivity contribution is 7.92. The average molecular weight is 419 g/mol. The van der Waals surface area contributed by atoms with Crippen molar-refractivity contribution in [1.82, 2.24) is 15.1 Å². The van der Waals surface area contributed by atoms with E-state index in [-0.39, 0.29) is 25.0 Å². The van der Waals surface area contributed by atoms with Crippen LogP contribution >= 0.6 is 12.4 Å². The molecule has 2 rings (SSSR count). The van der Waals surface area contributed by atoms with E-state index in [0.717, 1.165) is 12.2 Å². The Morgan fingerprint density at radius 1 is 1.19 bits per heavy atom. The van der Waals surface area contributed by atoms with Gasteiger partial charge in [0.25, 0.3) is 0 Å². The number of hydrogen-bond acceptors (Lipinski definition) is 5. The highest BCUT2D eigenvalue weighted by atomic mass is 35.5. The van der Waals surface area contributed by atoms with Gasteiger partial charge in [0.15, 0.2) is 9.84 Å². The quantitative estimate of drug-likeness (QED) is 0.760. The summed E-state index contributed by atoms with van der Waals surface area (Å²) in [5.74, 6) is 0. The lowest BCUT2D eigenvalue weighted by Crippen LogP contribution is -2.49. The number of carbonyl (C=O) groups excluding carboxylic acids is 1. The molecule has 2 amide bonds. The summed E-state index contributed by atoms with van der Waals surface area (Å²) in [6.45, 7) is 2.14. The van der Waals surface area contributed by atoms with Crippen LogP contribution < -0.4 is 10.2 Å². The fourth-order valence-corrected chi connectivity index (χ4v) is 4.75. The molecule has 0 saturated carbocycles. The predicted octanol–water partition coefficient (Wildman–Crippen LogP) is 1.68. The zero-order valence-corrected chi connectivity index (χ0v) is 18.1. The molecule has 1 unspecified atom stereocenters. The van der Waals surface area contributed by atoms with E-state index < -0.39 is 15.1 Å². The number of sulfone groups is 1. The number of amides is 2. The van der Waals surface area contributed by atoms with Crippen molar-refractivity contribution < 1.29 is 13.2 Å². The minimum Gasteiger partial charge on any atom is -0.378 e. The van der Waals surface area contributed by atoms with Crippen molar-refractivity contribution in [2.45, 2.75) is 23.0 Å². The predicted molar refractivity (Wildman–Crippen MR) is 112 cm³/mol. The molecule has 0 radical (unpaired) electrons. The van der Waals surface area contributed by atoms with E-state index in [4.69, 9.17) is 0 Å². The monoisotopic (exact) mass is 418 g/mol. The number of likely N-dealkylation sites (tertiary alicyclic amines) is 1. The van der Waals surface area contributed by atoms with Crippen molar-refractivity contribution in [1.29, 1.82) is 0 Å². The van der Waals surface area contributed by atoms with Crippen LogP contribution in [0.3, 0.4) is 0 Å². The minimum atomic E-state index is -3.45. The van der Waals surface area contributed by atoms with Crippen LogP contribution in [0.5, 0.6) is 0 Å². The van der Waals surface area contributed by atoms with Gasteiger partial charge in [-0.15, -0.1) is 12.4 Å². The number of nitrogens with zero attached hydrogens (tertiary/aromatic N) is 3. The van der Waals surface area contributed by atoms with Crippen LogP contribution in [0.1, 0.15) is 12.8 Å². The summed E-state index contributed by atoms with van der Waals surface area (Å²) in [4.78, 5) is 18.2. The van der Waals surface area contributed by atoms with E-state index in [9.17, 15) is 13.2 Å². The average Bonchev–Trinajstić information content (AvgIpc) is 2.61. The Morgan fingerprint density at radius 2 is 1.81 bits per heavy atom. The maximum Gasteiger partial charge on any atom is 0.317 e. The molecule has 0 spiro atoms. The zero-order valence-electron chi connectivity index (χ0n) is 16.5. The number of anilines is 1. The molecular formula is C18H31ClN4O3S. The molecule has 1 N–H and O–H groups in total. The number of urea groups is 1. The van der Waals surface area contributed by atoms with Gasteiger partial charge in [0.2, 0.25) is 0 Å². The molecule has 1 fully saturated rings. The number of piperidine rings is 1. The molecular weight excluding hydrogens is 388 g/mol. The third kappa shape index (κ3) is 6.26. The van der Waals surface area contributed by atoms with Gasteiger partial charge in [-0.05, 0) is 51.2 Å². The number of hydrogen-bond donors (Lipinski definition) is 1. The Kier molecular flexibility index (Phi) is 8.84. The van der Waals surface area contributed by atoms with Gasteiger partial charge in [0, 0.05) is 46.0 Å². The van der Waals surface area contributed by atoms with E-state index in [1.54, 1.807) is 29.2 Å². The fraction of sp³-hybridized carbons (Fsp3) is 0.611. The molecule has 1 aromatic rings. The van der Waals surface area contributed by atoms with Crippen molar-refractivity contribution in [2.75, 3.05) is 59.3 Å². The van der Waals surface area contributed by atoms with Crippen molar-refractivity contribution in [3.63, 3.8) is 0 Å². The van der Waals surface area contributed by atoms with Gasteiger partial charge < -0.3 is 20.0 Å². The van der Waals surface area contributed by atoms with Crippen molar-refractivity contribution in [2.24, 2.45) is 0 Å². The summed E-state index contributed by atoms with van der Waals surface area (Å²) in [6, 6.07) is 6.74. The van der Waals surface area contributed by atoms with Gasteiger partial charge in [-0.3, -0.25) is 0 Å². The lowest BCUT2D eigenvalue weighted by molar-refractivity contribution is 0.186. The zero-order chi connectivity index (χ0) is 19.3. The van der Waals surface area contributed by atoms with E-state index in [1.165, 1.54) is 0 Å². The largest absolute Gasteiger partial charge is 0.378 e. The summed E-state index contributed by atoms with van der Waals surface area (Å²) in [5, 5.41) is 2.31. The number of benzene rings is 1. The topological polar surface area (TPSA) is 73.0 Å². The number of halogens is 1. The Morgan fingerprint density at radius 3 is 2.37 bits per heavy atom. The first kappa shape index (κ1) is 23.5. The van der Waals surface area contributed by atoms with Gasteiger partial charge >= 0.3 is 6.03 Å². The summed E-state index contributed by atoms with van der Waals surface area (Å²) in [6.07, 6.45) is 1.28. The molecule has 1 heterocycles. The molecule has 7 nitrogen and oxygen atoms in total. The summed E-state index contributed by atoms with van der Waals surface area (Å²) in [7, 11) is 4.26. The first-order valence-electron chi connectivity index (χ1n) is 8.90. The normalized spacial score (nSPS) is 17.4. The summed E-state index contributed by atoms with van der Waals surface area (Å²) in [5.41, 5.74) is 0.953. The van der Waals surface area contributed by atoms with Crippen molar-refractivity contribution in [3.05, 3.63) is 24.3 Å². The van der Waals surface area contributed by atoms with Crippen LogP contribution in [0.15, 0.2) is 29.2 Å². The van der Waals surface area contributed by atoms with Gasteiger partial charge in [-0.25, -0.2) is 13.2 Å². The molecule has 1 aliphatic heterocycles. The second-order valence-electron chi connectivity index (χ2n) is 7.18. The Balaban J connectivity index is 0.00000364. The molecule has 154 valence electrons. The molecule has 1 atom stereocenters. The van der Waals surface area contributed by atoms with Crippen molar-refractivity contribution >= 4 is 34.0 Å². The van der Waals surface area contributed by atoms with Crippen LogP contribution in [0, 0.1) is 0 Å². The van der Waals surface area contributed by atoms with Crippen LogP contribution in [0.4, 0.5) is 10.5 Å². The fourth-order valence-electron chi connectivity index (χ4n) is 3.00. The Labute approximate surface area is 169 Å². The molecule has 27 heavy (non-hydrogen) atoms. The second-order valence-corrected chi connectivity index (χ2v) is 9.41. The Bertz CT molecular complexity index is 708. The molecule has 1 aromatic carbocycles. The highest BCUT2D eigenvalue weighted by Gasteiger charge is 2.33. The maximum absolute atomic E-state index is 13.0. The highest BCUT2D eigenvalue weighted by Crippen LogP contribution is 2.25. The Hall–Kier alpha value is -1.51. The van der Waals surface area contributed by atoms with Gasteiger partial charge in [-0.1, -0.05) is 0 Å². The third-order valence-electron chi connectivity index (χ3n) is 4.62. The SMILES string of the molecule is CN(C)CCNC(=O)N1CCCC(S(=O)(=O)c2ccc(N(C)C)cc2)C1.Cl. The van der Waals surface area contributed by atoms with Gasteiger partial charge in [0.1, 0.15) is 0 Å². The smallest absolute Gasteiger partial charge is 0.317 e. The molecule has 1 saturated heterocycles. The maximum atomic E-state index is 13.0.